The number of rotatable bonds is 5. The van der Waals surface area contributed by atoms with E-state index in [1.807, 2.05) is 12.1 Å². The first-order chi connectivity index (χ1) is 13.8. The standard InChI is InChI=1S/C24H31F5/c1-2-3-16-4-6-17(7-5-16)20-12-13-21(22(25)14-20)18-8-10-19(11-9-18)23(26)15-24(27,28)29/h12-19H,2-11H2,1H3. The number of halogens is 5. The molecule has 0 radical (unpaired) electrons. The molecule has 2 aliphatic carbocycles. The normalized spacial score (nSPS) is 29.1. The van der Waals surface area contributed by atoms with Gasteiger partial charge in [-0.05, 0) is 86.3 Å². The van der Waals surface area contributed by atoms with Gasteiger partial charge in [-0.2, -0.15) is 13.2 Å². The first-order valence-corrected chi connectivity index (χ1v) is 11.0. The van der Waals surface area contributed by atoms with E-state index in [-0.39, 0.29) is 17.8 Å². The van der Waals surface area contributed by atoms with Gasteiger partial charge in [-0.1, -0.05) is 31.9 Å². The summed E-state index contributed by atoms with van der Waals surface area (Å²) >= 11 is 0. The molecule has 5 heteroatoms. The maximum Gasteiger partial charge on any atom is 0.412 e. The van der Waals surface area contributed by atoms with Crippen molar-refractivity contribution in [2.45, 2.75) is 89.1 Å². The Morgan fingerprint density at radius 3 is 2.14 bits per heavy atom. The van der Waals surface area contributed by atoms with Crippen LogP contribution in [0.4, 0.5) is 22.0 Å². The molecular formula is C24H31F5. The average Bonchev–Trinajstić information content (AvgIpc) is 2.68. The zero-order valence-corrected chi connectivity index (χ0v) is 17.1. The molecule has 162 valence electrons. The second-order valence-corrected chi connectivity index (χ2v) is 8.91. The zero-order chi connectivity index (χ0) is 21.0. The summed E-state index contributed by atoms with van der Waals surface area (Å²) in [4.78, 5) is 0. The minimum atomic E-state index is -4.63. The highest BCUT2D eigenvalue weighted by Crippen LogP contribution is 2.42. The third-order valence-electron chi connectivity index (χ3n) is 6.90. The summed E-state index contributed by atoms with van der Waals surface area (Å²) in [7, 11) is 0. The van der Waals surface area contributed by atoms with E-state index in [9.17, 15) is 22.0 Å². The molecule has 0 heterocycles. The maximum absolute atomic E-state index is 14.8. The summed E-state index contributed by atoms with van der Waals surface area (Å²) in [5.41, 5.74) is 1.70. The fourth-order valence-electron chi connectivity index (χ4n) is 5.28. The van der Waals surface area contributed by atoms with E-state index in [4.69, 9.17) is 0 Å². The van der Waals surface area contributed by atoms with E-state index in [0.717, 1.165) is 24.3 Å². The number of alkyl halides is 3. The Morgan fingerprint density at radius 1 is 0.966 bits per heavy atom. The van der Waals surface area contributed by atoms with E-state index < -0.39 is 17.9 Å². The van der Waals surface area contributed by atoms with Crippen LogP contribution in [0.1, 0.15) is 94.1 Å². The van der Waals surface area contributed by atoms with Gasteiger partial charge >= 0.3 is 6.18 Å². The third-order valence-corrected chi connectivity index (χ3v) is 6.90. The predicted octanol–water partition coefficient (Wildman–Crippen LogP) is 8.59. The molecule has 2 fully saturated rings. The van der Waals surface area contributed by atoms with Gasteiger partial charge in [0.15, 0.2) is 0 Å². The molecule has 0 bridgehead atoms. The SMILES string of the molecule is CCCC1CCC(c2ccc(C3CCC(C(F)=CC(F)(F)F)CC3)c(F)c2)CC1. The Bertz CT molecular complexity index is 690. The van der Waals surface area contributed by atoms with Gasteiger partial charge in [0.1, 0.15) is 11.6 Å². The fraction of sp³-hybridized carbons (Fsp3) is 0.667. The van der Waals surface area contributed by atoms with Crippen molar-refractivity contribution in [1.82, 2.24) is 0 Å². The summed E-state index contributed by atoms with van der Waals surface area (Å²) in [6.45, 7) is 2.22. The Balaban J connectivity index is 1.58. The smallest absolute Gasteiger partial charge is 0.212 e. The second-order valence-electron chi connectivity index (χ2n) is 8.91. The molecule has 0 spiro atoms. The van der Waals surface area contributed by atoms with Crippen molar-refractivity contribution >= 4 is 0 Å². The van der Waals surface area contributed by atoms with Crippen LogP contribution in [0.5, 0.6) is 0 Å². The molecule has 1 aromatic carbocycles. The molecule has 3 rings (SSSR count). The lowest BCUT2D eigenvalue weighted by molar-refractivity contribution is -0.0820. The third kappa shape index (κ3) is 6.05. The van der Waals surface area contributed by atoms with Crippen molar-refractivity contribution in [2.24, 2.45) is 11.8 Å². The van der Waals surface area contributed by atoms with Crippen LogP contribution in [-0.4, -0.2) is 6.18 Å². The van der Waals surface area contributed by atoms with Crippen molar-refractivity contribution in [3.8, 4) is 0 Å². The summed E-state index contributed by atoms with van der Waals surface area (Å²) < 4.78 is 65.6. The first kappa shape index (κ1) is 22.3. The molecular weight excluding hydrogens is 383 g/mol. The van der Waals surface area contributed by atoms with Gasteiger partial charge in [0, 0.05) is 5.92 Å². The molecule has 2 saturated carbocycles. The lowest BCUT2D eigenvalue weighted by atomic mass is 9.75. The lowest BCUT2D eigenvalue weighted by Gasteiger charge is -2.30. The van der Waals surface area contributed by atoms with E-state index in [1.165, 1.54) is 25.7 Å². The van der Waals surface area contributed by atoms with Crippen LogP contribution in [-0.2, 0) is 0 Å². The monoisotopic (exact) mass is 414 g/mol. The van der Waals surface area contributed by atoms with Gasteiger partial charge in [0.2, 0.25) is 0 Å². The highest BCUT2D eigenvalue weighted by atomic mass is 19.4. The maximum atomic E-state index is 14.8. The van der Waals surface area contributed by atoms with Crippen molar-refractivity contribution in [2.75, 3.05) is 0 Å². The Morgan fingerprint density at radius 2 is 1.59 bits per heavy atom. The Hall–Kier alpha value is -1.39. The predicted molar refractivity (Wildman–Crippen MR) is 106 cm³/mol. The highest BCUT2D eigenvalue weighted by Gasteiger charge is 2.31. The van der Waals surface area contributed by atoms with Crippen molar-refractivity contribution < 1.29 is 22.0 Å². The van der Waals surface area contributed by atoms with E-state index in [2.05, 4.69) is 6.92 Å². The van der Waals surface area contributed by atoms with Crippen LogP contribution < -0.4 is 0 Å². The van der Waals surface area contributed by atoms with Crippen LogP contribution in [0, 0.1) is 17.7 Å². The van der Waals surface area contributed by atoms with Crippen molar-refractivity contribution in [1.29, 1.82) is 0 Å². The summed E-state index contributed by atoms with van der Waals surface area (Å²) in [5, 5.41) is 0. The minimum Gasteiger partial charge on any atom is -0.212 e. The molecule has 0 unspecified atom stereocenters. The summed E-state index contributed by atoms with van der Waals surface area (Å²) in [6.07, 6.45) is 3.96. The van der Waals surface area contributed by atoms with Crippen LogP contribution in [0.15, 0.2) is 30.1 Å². The molecule has 2 aliphatic rings. The molecule has 0 atom stereocenters. The number of hydrogen-bond acceptors (Lipinski definition) is 0. The summed E-state index contributed by atoms with van der Waals surface area (Å²) in [6, 6.07) is 5.55. The Labute approximate surface area is 170 Å². The molecule has 29 heavy (non-hydrogen) atoms. The quantitative estimate of drug-likeness (QED) is 0.423. The van der Waals surface area contributed by atoms with E-state index >= 15 is 0 Å². The number of hydrogen-bond donors (Lipinski definition) is 0. The van der Waals surface area contributed by atoms with Crippen molar-refractivity contribution in [3.63, 3.8) is 0 Å². The molecule has 0 amide bonds. The average molecular weight is 415 g/mol. The first-order valence-electron chi connectivity index (χ1n) is 11.0. The van der Waals surface area contributed by atoms with Crippen LogP contribution in [0.25, 0.3) is 0 Å². The highest BCUT2D eigenvalue weighted by molar-refractivity contribution is 5.30. The van der Waals surface area contributed by atoms with Gasteiger partial charge in [-0.3, -0.25) is 0 Å². The van der Waals surface area contributed by atoms with Gasteiger partial charge in [0.05, 0.1) is 6.08 Å². The number of benzene rings is 1. The molecule has 0 N–H and O–H groups in total. The van der Waals surface area contributed by atoms with Crippen LogP contribution in [0.2, 0.25) is 0 Å². The molecule has 1 aromatic rings. The second kappa shape index (κ2) is 9.61. The Kier molecular flexibility index (Phi) is 7.39. The van der Waals surface area contributed by atoms with Gasteiger partial charge in [0.25, 0.3) is 0 Å². The fourth-order valence-corrected chi connectivity index (χ4v) is 5.28. The van der Waals surface area contributed by atoms with Gasteiger partial charge < -0.3 is 0 Å². The molecule has 0 nitrogen and oxygen atoms in total. The summed E-state index contributed by atoms with van der Waals surface area (Å²) in [5.74, 6) is -0.822. The molecule has 0 saturated heterocycles. The number of allylic oxidation sites excluding steroid dienone is 2. The topological polar surface area (TPSA) is 0 Å². The van der Waals surface area contributed by atoms with Crippen LogP contribution >= 0.6 is 0 Å². The molecule has 0 aromatic heterocycles. The minimum absolute atomic E-state index is 0.0423. The van der Waals surface area contributed by atoms with Crippen molar-refractivity contribution in [3.05, 3.63) is 47.0 Å². The van der Waals surface area contributed by atoms with Crippen LogP contribution in [0.3, 0.4) is 0 Å². The van der Waals surface area contributed by atoms with E-state index in [1.54, 1.807) is 6.07 Å². The lowest BCUT2D eigenvalue weighted by Crippen LogP contribution is -2.17. The van der Waals surface area contributed by atoms with Gasteiger partial charge in [-0.25, -0.2) is 8.78 Å². The zero-order valence-electron chi connectivity index (χ0n) is 17.1. The molecule has 0 aliphatic heterocycles. The van der Waals surface area contributed by atoms with Gasteiger partial charge in [-0.15, -0.1) is 0 Å². The van der Waals surface area contributed by atoms with E-state index in [0.29, 0.717) is 37.2 Å². The largest absolute Gasteiger partial charge is 0.412 e.